The molecule has 0 amide bonds. The van der Waals surface area contributed by atoms with Gasteiger partial charge in [-0.15, -0.1) is 0 Å². The Labute approximate surface area is 95.3 Å². The van der Waals surface area contributed by atoms with Crippen molar-refractivity contribution in [1.82, 2.24) is 5.16 Å². The fourth-order valence-electron chi connectivity index (χ4n) is 1.77. The Hall–Kier alpha value is -1.61. The molecule has 0 radical (unpaired) electrons. The second kappa shape index (κ2) is 4.10. The zero-order valence-corrected chi connectivity index (χ0v) is 9.87. The second-order valence-electron chi connectivity index (χ2n) is 4.13. The molecule has 0 bridgehead atoms. The van der Waals surface area contributed by atoms with Crippen molar-refractivity contribution in [1.29, 1.82) is 0 Å². The number of aryl methyl sites for hydroxylation is 3. The molecular formula is C13H16N2O. The van der Waals surface area contributed by atoms with Crippen LogP contribution < -0.4 is 5.73 Å². The van der Waals surface area contributed by atoms with Crippen LogP contribution in [0.1, 0.15) is 22.5 Å². The van der Waals surface area contributed by atoms with Crippen molar-refractivity contribution in [3.63, 3.8) is 0 Å². The maximum atomic E-state index is 5.50. The quantitative estimate of drug-likeness (QED) is 0.839. The van der Waals surface area contributed by atoms with Crippen LogP contribution in [0.3, 0.4) is 0 Å². The number of benzene rings is 1. The highest BCUT2D eigenvalue weighted by molar-refractivity contribution is 5.65. The molecule has 0 saturated heterocycles. The van der Waals surface area contributed by atoms with E-state index in [2.05, 4.69) is 38.1 Å². The van der Waals surface area contributed by atoms with Crippen LogP contribution in [0.5, 0.6) is 0 Å². The van der Waals surface area contributed by atoms with Crippen LogP contribution in [0, 0.1) is 20.8 Å². The van der Waals surface area contributed by atoms with Crippen molar-refractivity contribution in [2.45, 2.75) is 27.3 Å². The van der Waals surface area contributed by atoms with Gasteiger partial charge in [-0.05, 0) is 43.5 Å². The van der Waals surface area contributed by atoms with E-state index in [1.807, 2.05) is 6.07 Å². The van der Waals surface area contributed by atoms with Crippen molar-refractivity contribution in [2.24, 2.45) is 5.73 Å². The van der Waals surface area contributed by atoms with Gasteiger partial charge in [-0.2, -0.15) is 0 Å². The third-order valence-electron chi connectivity index (χ3n) is 2.88. The smallest absolute Gasteiger partial charge is 0.150 e. The van der Waals surface area contributed by atoms with Gasteiger partial charge in [-0.3, -0.25) is 0 Å². The predicted octanol–water partition coefficient (Wildman–Crippen LogP) is 2.73. The van der Waals surface area contributed by atoms with E-state index in [0.717, 1.165) is 11.3 Å². The molecule has 3 nitrogen and oxygen atoms in total. The van der Waals surface area contributed by atoms with Gasteiger partial charge in [0.25, 0.3) is 0 Å². The Morgan fingerprint density at radius 3 is 2.38 bits per heavy atom. The van der Waals surface area contributed by atoms with Crippen LogP contribution in [0.15, 0.2) is 22.7 Å². The van der Waals surface area contributed by atoms with Gasteiger partial charge < -0.3 is 10.3 Å². The molecule has 2 N–H and O–H groups in total. The van der Waals surface area contributed by atoms with Crippen molar-refractivity contribution in [3.05, 3.63) is 40.6 Å². The molecule has 0 aliphatic heterocycles. The standard InChI is InChI=1S/C13H16N2O/c1-8-4-10(3)12(5-9(8)2)13-6-11(7-14)16-15-13/h4-6H,7,14H2,1-3H3. The summed E-state index contributed by atoms with van der Waals surface area (Å²) in [5.41, 5.74) is 11.2. The summed E-state index contributed by atoms with van der Waals surface area (Å²) in [5.74, 6) is 0.715. The van der Waals surface area contributed by atoms with Crippen molar-refractivity contribution >= 4 is 0 Å². The van der Waals surface area contributed by atoms with Crippen molar-refractivity contribution < 1.29 is 4.52 Å². The van der Waals surface area contributed by atoms with E-state index in [4.69, 9.17) is 10.3 Å². The first kappa shape index (κ1) is 10.9. The summed E-state index contributed by atoms with van der Waals surface area (Å²) in [6, 6.07) is 6.21. The largest absolute Gasteiger partial charge is 0.359 e. The van der Waals surface area contributed by atoms with Gasteiger partial charge in [-0.25, -0.2) is 0 Å². The van der Waals surface area contributed by atoms with Gasteiger partial charge in [0.05, 0.1) is 6.54 Å². The molecular weight excluding hydrogens is 200 g/mol. The summed E-state index contributed by atoms with van der Waals surface area (Å²) in [5, 5.41) is 4.03. The third kappa shape index (κ3) is 1.86. The molecule has 16 heavy (non-hydrogen) atoms. The molecule has 2 aromatic rings. The molecule has 84 valence electrons. The third-order valence-corrected chi connectivity index (χ3v) is 2.88. The average Bonchev–Trinajstić information content (AvgIpc) is 2.71. The lowest BCUT2D eigenvalue weighted by Gasteiger charge is -2.06. The van der Waals surface area contributed by atoms with Crippen LogP contribution in [-0.2, 0) is 6.54 Å². The Kier molecular flexibility index (Phi) is 2.79. The maximum Gasteiger partial charge on any atom is 0.150 e. The number of hydrogen-bond acceptors (Lipinski definition) is 3. The van der Waals surface area contributed by atoms with Gasteiger partial charge in [0.1, 0.15) is 5.69 Å². The first-order chi connectivity index (χ1) is 7.61. The minimum absolute atomic E-state index is 0.386. The SMILES string of the molecule is Cc1cc(C)c(-c2cc(CN)on2)cc1C. The monoisotopic (exact) mass is 216 g/mol. The van der Waals surface area contributed by atoms with Crippen LogP contribution in [0.25, 0.3) is 11.3 Å². The molecule has 0 aliphatic carbocycles. The lowest BCUT2D eigenvalue weighted by molar-refractivity contribution is 0.387. The Morgan fingerprint density at radius 1 is 1.06 bits per heavy atom. The first-order valence-electron chi connectivity index (χ1n) is 5.35. The summed E-state index contributed by atoms with van der Waals surface area (Å²) in [6.07, 6.45) is 0. The molecule has 0 saturated carbocycles. The van der Waals surface area contributed by atoms with Crippen LogP contribution in [-0.4, -0.2) is 5.16 Å². The Balaban J connectivity index is 2.51. The van der Waals surface area contributed by atoms with Gasteiger partial charge in [0.15, 0.2) is 5.76 Å². The number of aromatic nitrogens is 1. The topological polar surface area (TPSA) is 52.0 Å². The lowest BCUT2D eigenvalue weighted by atomic mass is 9.99. The summed E-state index contributed by atoms with van der Waals surface area (Å²) in [6.45, 7) is 6.68. The minimum Gasteiger partial charge on any atom is -0.359 e. The van der Waals surface area contributed by atoms with Crippen LogP contribution in [0.4, 0.5) is 0 Å². The van der Waals surface area contributed by atoms with E-state index in [-0.39, 0.29) is 0 Å². The summed E-state index contributed by atoms with van der Waals surface area (Å²) in [4.78, 5) is 0. The zero-order valence-electron chi connectivity index (χ0n) is 9.87. The minimum atomic E-state index is 0.386. The maximum absolute atomic E-state index is 5.50. The molecule has 0 fully saturated rings. The van der Waals surface area contributed by atoms with Crippen molar-refractivity contribution in [2.75, 3.05) is 0 Å². The number of nitrogens with two attached hydrogens (primary N) is 1. The Bertz CT molecular complexity index is 515. The fraction of sp³-hybridized carbons (Fsp3) is 0.308. The van der Waals surface area contributed by atoms with Crippen LogP contribution in [0.2, 0.25) is 0 Å². The van der Waals surface area contributed by atoms with Gasteiger partial charge in [0.2, 0.25) is 0 Å². The highest BCUT2D eigenvalue weighted by Crippen LogP contribution is 2.25. The van der Waals surface area contributed by atoms with E-state index in [1.54, 1.807) is 0 Å². The van der Waals surface area contributed by atoms with E-state index in [0.29, 0.717) is 12.3 Å². The van der Waals surface area contributed by atoms with E-state index < -0.39 is 0 Å². The molecule has 0 spiro atoms. The Morgan fingerprint density at radius 2 is 1.75 bits per heavy atom. The van der Waals surface area contributed by atoms with E-state index >= 15 is 0 Å². The average molecular weight is 216 g/mol. The van der Waals surface area contributed by atoms with E-state index in [1.165, 1.54) is 16.7 Å². The normalized spacial score (nSPS) is 10.8. The highest BCUT2D eigenvalue weighted by atomic mass is 16.5. The molecule has 1 aromatic heterocycles. The van der Waals surface area contributed by atoms with Gasteiger partial charge in [-0.1, -0.05) is 11.2 Å². The second-order valence-corrected chi connectivity index (χ2v) is 4.13. The molecule has 1 aromatic carbocycles. The molecule has 0 aliphatic rings. The van der Waals surface area contributed by atoms with Gasteiger partial charge in [0, 0.05) is 11.6 Å². The molecule has 0 unspecified atom stereocenters. The molecule has 1 heterocycles. The lowest BCUT2D eigenvalue weighted by Crippen LogP contribution is -1.92. The number of hydrogen-bond donors (Lipinski definition) is 1. The molecule has 0 atom stereocenters. The highest BCUT2D eigenvalue weighted by Gasteiger charge is 2.09. The summed E-state index contributed by atoms with van der Waals surface area (Å²) < 4.78 is 5.12. The fourth-order valence-corrected chi connectivity index (χ4v) is 1.77. The summed E-state index contributed by atoms with van der Waals surface area (Å²) in [7, 11) is 0. The van der Waals surface area contributed by atoms with Gasteiger partial charge >= 0.3 is 0 Å². The number of rotatable bonds is 2. The predicted molar refractivity (Wildman–Crippen MR) is 64.0 cm³/mol. The molecule has 2 rings (SSSR count). The molecule has 3 heteroatoms. The van der Waals surface area contributed by atoms with Crippen LogP contribution >= 0.6 is 0 Å². The van der Waals surface area contributed by atoms with E-state index in [9.17, 15) is 0 Å². The number of nitrogens with zero attached hydrogens (tertiary/aromatic N) is 1. The first-order valence-corrected chi connectivity index (χ1v) is 5.35. The zero-order chi connectivity index (χ0) is 11.7. The summed E-state index contributed by atoms with van der Waals surface area (Å²) >= 11 is 0. The van der Waals surface area contributed by atoms with Crippen molar-refractivity contribution in [3.8, 4) is 11.3 Å².